The lowest BCUT2D eigenvalue weighted by Crippen LogP contribution is -2.33. The van der Waals surface area contributed by atoms with E-state index in [9.17, 15) is 9.59 Å². The molecule has 0 aliphatic carbocycles. The zero-order chi connectivity index (χ0) is 23.9. The van der Waals surface area contributed by atoms with Gasteiger partial charge in [-0.25, -0.2) is 9.97 Å². The minimum Gasteiger partial charge on any atom is -0.454 e. The number of carbonyl (C=O) groups excluding carboxylic acids is 1. The molecule has 35 heavy (non-hydrogen) atoms. The number of hydrogen-bond donors (Lipinski definition) is 1. The van der Waals surface area contributed by atoms with E-state index in [1.54, 1.807) is 6.92 Å². The van der Waals surface area contributed by atoms with Crippen molar-refractivity contribution < 1.29 is 14.3 Å². The van der Waals surface area contributed by atoms with Gasteiger partial charge in [0.2, 0.25) is 12.7 Å². The first-order valence-electron chi connectivity index (χ1n) is 11.1. The molecule has 1 amide bonds. The summed E-state index contributed by atoms with van der Waals surface area (Å²) >= 11 is 1.30. The minimum absolute atomic E-state index is 0.116. The number of fused-ring (bicyclic) bond motifs is 4. The van der Waals surface area contributed by atoms with Gasteiger partial charge in [-0.2, -0.15) is 0 Å². The van der Waals surface area contributed by atoms with Crippen LogP contribution in [0.1, 0.15) is 11.4 Å². The summed E-state index contributed by atoms with van der Waals surface area (Å²) in [6.07, 6.45) is 0. The monoisotopic (exact) mass is 484 g/mol. The van der Waals surface area contributed by atoms with Crippen molar-refractivity contribution in [2.75, 3.05) is 6.79 Å². The summed E-state index contributed by atoms with van der Waals surface area (Å²) in [5.74, 6) is 1.55. The number of aryl methyl sites for hydroxylation is 1. The van der Waals surface area contributed by atoms with Crippen LogP contribution in [0.5, 0.6) is 11.5 Å². The van der Waals surface area contributed by atoms with Crippen LogP contribution >= 0.6 is 11.3 Å². The van der Waals surface area contributed by atoms with Crippen LogP contribution in [0, 0.1) is 6.92 Å². The van der Waals surface area contributed by atoms with E-state index in [0.29, 0.717) is 34.1 Å². The highest BCUT2D eigenvalue weighted by Gasteiger charge is 2.18. The maximum atomic E-state index is 13.3. The van der Waals surface area contributed by atoms with Gasteiger partial charge in [-0.15, -0.1) is 11.3 Å². The van der Waals surface area contributed by atoms with Crippen molar-refractivity contribution in [3.05, 3.63) is 82.4 Å². The number of pyridine rings is 1. The molecule has 1 N–H and O–H groups in total. The molecular weight excluding hydrogens is 464 g/mol. The minimum atomic E-state index is -0.278. The summed E-state index contributed by atoms with van der Waals surface area (Å²) in [7, 11) is 0. The third-order valence-corrected chi connectivity index (χ3v) is 7.01. The number of carbonyl (C=O) groups is 1. The molecule has 5 aromatic rings. The molecule has 1 aliphatic rings. The maximum absolute atomic E-state index is 13.3. The van der Waals surface area contributed by atoms with E-state index < -0.39 is 0 Å². The Morgan fingerprint density at radius 3 is 2.74 bits per heavy atom. The van der Waals surface area contributed by atoms with Gasteiger partial charge in [0.25, 0.3) is 5.56 Å². The molecule has 3 aromatic heterocycles. The second-order valence-electron chi connectivity index (χ2n) is 8.21. The Hall–Kier alpha value is -4.24. The number of benzene rings is 2. The molecular formula is C26H20N4O4S. The molecule has 8 nitrogen and oxygen atoms in total. The van der Waals surface area contributed by atoms with Crippen molar-refractivity contribution in [1.82, 2.24) is 19.9 Å². The largest absolute Gasteiger partial charge is 0.454 e. The number of nitrogens with one attached hydrogen (secondary N) is 1. The number of ether oxygens (including phenoxy) is 2. The molecule has 4 heterocycles. The lowest BCUT2D eigenvalue weighted by atomic mass is 10.1. The third kappa shape index (κ3) is 3.89. The number of thiophene rings is 1. The van der Waals surface area contributed by atoms with Crippen LogP contribution in [0.15, 0.2) is 65.5 Å². The van der Waals surface area contributed by atoms with E-state index in [2.05, 4.69) is 10.3 Å². The molecule has 2 aromatic carbocycles. The van der Waals surface area contributed by atoms with Gasteiger partial charge in [0.1, 0.15) is 21.9 Å². The number of amides is 1. The molecule has 0 spiro atoms. The Labute approximate surface area is 203 Å². The smallest absolute Gasteiger partial charge is 0.272 e. The van der Waals surface area contributed by atoms with Crippen molar-refractivity contribution in [3.8, 4) is 22.8 Å². The molecule has 174 valence electrons. The predicted octanol–water partition coefficient (Wildman–Crippen LogP) is 4.03. The summed E-state index contributed by atoms with van der Waals surface area (Å²) in [6, 6.07) is 19.3. The SMILES string of the molecule is Cc1nc2c(sc3nc(-c4ccccc4)ccc32)c(=O)n1CC(=O)NCc1ccc2c(c1)OCO2. The molecule has 0 fully saturated rings. The topological polar surface area (TPSA) is 95.3 Å². The number of nitrogens with zero attached hydrogens (tertiary/aromatic N) is 3. The second-order valence-corrected chi connectivity index (χ2v) is 9.21. The molecule has 6 rings (SSSR count). The highest BCUT2D eigenvalue weighted by Crippen LogP contribution is 2.33. The molecule has 1 aliphatic heterocycles. The average molecular weight is 485 g/mol. The Morgan fingerprint density at radius 2 is 1.89 bits per heavy atom. The molecule has 0 saturated heterocycles. The fraction of sp³-hybridized carbons (Fsp3) is 0.154. The van der Waals surface area contributed by atoms with Gasteiger partial charge in [-0.3, -0.25) is 14.2 Å². The van der Waals surface area contributed by atoms with Gasteiger partial charge in [-0.05, 0) is 36.8 Å². The van der Waals surface area contributed by atoms with Crippen molar-refractivity contribution >= 4 is 37.7 Å². The van der Waals surface area contributed by atoms with Gasteiger partial charge in [0, 0.05) is 17.5 Å². The Morgan fingerprint density at radius 1 is 1.06 bits per heavy atom. The van der Waals surface area contributed by atoms with E-state index in [1.165, 1.54) is 15.9 Å². The standard InChI is InChI=1S/C26H20N4O4S/c1-15-28-23-18-8-9-19(17-5-3-2-4-6-17)29-25(18)35-24(23)26(32)30(15)13-22(31)27-12-16-7-10-20-21(11-16)34-14-33-20/h2-11H,12-14H2,1H3,(H,27,31). The van der Waals surface area contributed by atoms with Crippen LogP contribution in [0.3, 0.4) is 0 Å². The van der Waals surface area contributed by atoms with E-state index in [1.807, 2.05) is 60.7 Å². The number of aromatic nitrogens is 3. The summed E-state index contributed by atoms with van der Waals surface area (Å²) in [4.78, 5) is 36.1. The molecule has 0 atom stereocenters. The van der Waals surface area contributed by atoms with E-state index >= 15 is 0 Å². The van der Waals surface area contributed by atoms with Gasteiger partial charge in [0.05, 0.1) is 11.2 Å². The van der Waals surface area contributed by atoms with Crippen LogP contribution in [0.2, 0.25) is 0 Å². The quantitative estimate of drug-likeness (QED) is 0.405. The summed E-state index contributed by atoms with van der Waals surface area (Å²) in [5.41, 5.74) is 3.11. The average Bonchev–Trinajstić information content (AvgIpc) is 3.50. The first kappa shape index (κ1) is 21.3. The Balaban J connectivity index is 1.26. The predicted molar refractivity (Wildman–Crippen MR) is 134 cm³/mol. The third-order valence-electron chi connectivity index (χ3n) is 5.93. The van der Waals surface area contributed by atoms with Crippen molar-refractivity contribution in [1.29, 1.82) is 0 Å². The molecule has 0 unspecified atom stereocenters. The van der Waals surface area contributed by atoms with Crippen molar-refractivity contribution in [2.24, 2.45) is 0 Å². The normalized spacial score (nSPS) is 12.4. The van der Waals surface area contributed by atoms with Crippen LogP contribution in [-0.2, 0) is 17.9 Å². The zero-order valence-electron chi connectivity index (χ0n) is 18.8. The van der Waals surface area contributed by atoms with Crippen molar-refractivity contribution in [3.63, 3.8) is 0 Å². The first-order valence-corrected chi connectivity index (χ1v) is 11.9. The van der Waals surface area contributed by atoms with Crippen LogP contribution in [-0.4, -0.2) is 27.2 Å². The fourth-order valence-corrected chi connectivity index (χ4v) is 5.18. The highest BCUT2D eigenvalue weighted by molar-refractivity contribution is 7.25. The summed E-state index contributed by atoms with van der Waals surface area (Å²) in [5, 5.41) is 3.70. The van der Waals surface area contributed by atoms with Gasteiger partial charge >= 0.3 is 0 Å². The van der Waals surface area contributed by atoms with Gasteiger partial charge in [-0.1, -0.05) is 36.4 Å². The molecule has 0 radical (unpaired) electrons. The van der Waals surface area contributed by atoms with Crippen LogP contribution in [0.4, 0.5) is 0 Å². The van der Waals surface area contributed by atoms with E-state index in [0.717, 1.165) is 27.0 Å². The lowest BCUT2D eigenvalue weighted by Gasteiger charge is -2.10. The summed E-state index contributed by atoms with van der Waals surface area (Å²) < 4.78 is 12.6. The number of rotatable bonds is 5. The highest BCUT2D eigenvalue weighted by atomic mass is 32.1. The van der Waals surface area contributed by atoms with E-state index in [-0.39, 0.29) is 24.8 Å². The van der Waals surface area contributed by atoms with Gasteiger partial charge < -0.3 is 14.8 Å². The van der Waals surface area contributed by atoms with Crippen LogP contribution < -0.4 is 20.3 Å². The zero-order valence-corrected chi connectivity index (χ0v) is 19.6. The maximum Gasteiger partial charge on any atom is 0.272 e. The lowest BCUT2D eigenvalue weighted by molar-refractivity contribution is -0.121. The van der Waals surface area contributed by atoms with Crippen molar-refractivity contribution in [2.45, 2.75) is 20.0 Å². The fourth-order valence-electron chi connectivity index (χ4n) is 4.12. The Bertz CT molecular complexity index is 1660. The van der Waals surface area contributed by atoms with E-state index in [4.69, 9.17) is 14.5 Å². The van der Waals surface area contributed by atoms with Crippen LogP contribution in [0.25, 0.3) is 31.7 Å². The molecule has 9 heteroatoms. The summed E-state index contributed by atoms with van der Waals surface area (Å²) in [6.45, 7) is 2.13. The second kappa shape index (κ2) is 8.52. The first-order chi connectivity index (χ1) is 17.1. The van der Waals surface area contributed by atoms with Gasteiger partial charge in [0.15, 0.2) is 11.5 Å². The number of hydrogen-bond acceptors (Lipinski definition) is 7. The molecule has 0 bridgehead atoms. The molecule has 0 saturated carbocycles. The Kier molecular flexibility index (Phi) is 5.18.